The Morgan fingerprint density at radius 3 is 2.75 bits per heavy atom. The van der Waals surface area contributed by atoms with Crippen LogP contribution in [0.1, 0.15) is 25.3 Å². The van der Waals surface area contributed by atoms with Crippen molar-refractivity contribution in [3.8, 4) is 6.19 Å². The second-order valence-corrected chi connectivity index (χ2v) is 5.46. The van der Waals surface area contributed by atoms with Crippen molar-refractivity contribution in [1.29, 1.82) is 5.26 Å². The highest BCUT2D eigenvalue weighted by Gasteiger charge is 2.42. The molecule has 126 valence electrons. The summed E-state index contributed by atoms with van der Waals surface area (Å²) in [6, 6.07) is 8.53. The van der Waals surface area contributed by atoms with E-state index >= 15 is 0 Å². The molecule has 7 heteroatoms. The number of carbonyl (C=O) groups is 2. The van der Waals surface area contributed by atoms with Gasteiger partial charge in [0.1, 0.15) is 6.04 Å². The Kier molecular flexibility index (Phi) is 5.90. The molecule has 0 radical (unpaired) electrons. The molecule has 1 aliphatic rings. The van der Waals surface area contributed by atoms with Crippen LogP contribution in [0.15, 0.2) is 35.3 Å². The second kappa shape index (κ2) is 8.11. The van der Waals surface area contributed by atoms with Crippen LogP contribution in [0.4, 0.5) is 0 Å². The van der Waals surface area contributed by atoms with Crippen LogP contribution >= 0.6 is 0 Å². The zero-order valence-corrected chi connectivity index (χ0v) is 13.7. The van der Waals surface area contributed by atoms with E-state index < -0.39 is 17.9 Å². The first kappa shape index (κ1) is 17.5. The molecule has 1 heterocycles. The van der Waals surface area contributed by atoms with Crippen molar-refractivity contribution in [1.82, 2.24) is 10.2 Å². The first-order valence-electron chi connectivity index (χ1n) is 7.78. The molecule has 0 saturated heterocycles. The molecular weight excluding hydrogens is 308 g/mol. The molecule has 0 spiro atoms. The van der Waals surface area contributed by atoms with Crippen LogP contribution in [0.2, 0.25) is 0 Å². The predicted octanol–water partition coefficient (Wildman–Crippen LogP) is 1.41. The van der Waals surface area contributed by atoms with Crippen molar-refractivity contribution in [2.24, 2.45) is 10.9 Å². The number of ether oxygens (including phenoxy) is 1. The lowest BCUT2D eigenvalue weighted by molar-refractivity contribution is -0.149. The van der Waals surface area contributed by atoms with Gasteiger partial charge in [0.25, 0.3) is 5.91 Å². The molecule has 1 aromatic carbocycles. The molecule has 1 N–H and O–H groups in total. The number of carbonyl (C=O) groups excluding carboxylic acids is 2. The summed E-state index contributed by atoms with van der Waals surface area (Å²) in [5.41, 5.74) is 0.907. The van der Waals surface area contributed by atoms with Gasteiger partial charge in [-0.1, -0.05) is 43.7 Å². The van der Waals surface area contributed by atoms with Crippen molar-refractivity contribution < 1.29 is 14.3 Å². The number of rotatable bonds is 6. The van der Waals surface area contributed by atoms with E-state index in [1.807, 2.05) is 37.3 Å². The average Bonchev–Trinajstić information content (AvgIpc) is 2.89. The maximum atomic E-state index is 12.8. The number of hydrogen-bond donors (Lipinski definition) is 1. The standard InChI is InChI=1S/C17H20N4O3/c1-3-7-13(16(23)24-2)14-15(22)21(17(20-14)19-11-18)10-12-8-5-4-6-9-12/h4-6,8-9,13-14H,3,7,10H2,1-2H3,(H,19,20). The van der Waals surface area contributed by atoms with E-state index in [2.05, 4.69) is 10.3 Å². The summed E-state index contributed by atoms with van der Waals surface area (Å²) in [6.07, 6.45) is 3.00. The first-order chi connectivity index (χ1) is 11.6. The van der Waals surface area contributed by atoms with E-state index in [-0.39, 0.29) is 18.4 Å². The van der Waals surface area contributed by atoms with Crippen molar-refractivity contribution in [2.75, 3.05) is 7.11 Å². The van der Waals surface area contributed by atoms with Crippen molar-refractivity contribution in [3.05, 3.63) is 35.9 Å². The summed E-state index contributed by atoms with van der Waals surface area (Å²) in [7, 11) is 1.30. The van der Waals surface area contributed by atoms with E-state index in [0.29, 0.717) is 6.42 Å². The van der Waals surface area contributed by atoms with Crippen molar-refractivity contribution >= 4 is 17.8 Å². The molecular formula is C17H20N4O3. The molecule has 2 unspecified atom stereocenters. The smallest absolute Gasteiger partial charge is 0.311 e. The Morgan fingerprint density at radius 1 is 1.46 bits per heavy atom. The summed E-state index contributed by atoms with van der Waals surface area (Å²) < 4.78 is 4.81. The number of aliphatic imine (C=N–C) groups is 1. The minimum absolute atomic E-state index is 0.168. The van der Waals surface area contributed by atoms with Crippen LogP contribution in [0.25, 0.3) is 0 Å². The maximum Gasteiger partial charge on any atom is 0.311 e. The van der Waals surface area contributed by atoms with Crippen LogP contribution in [-0.2, 0) is 20.9 Å². The highest BCUT2D eigenvalue weighted by molar-refractivity contribution is 6.06. The van der Waals surface area contributed by atoms with E-state index in [1.54, 1.807) is 6.19 Å². The number of methoxy groups -OCH3 is 1. The van der Waals surface area contributed by atoms with Crippen LogP contribution in [-0.4, -0.2) is 35.9 Å². The first-order valence-corrected chi connectivity index (χ1v) is 7.78. The molecule has 2 rings (SSSR count). The third-order valence-corrected chi connectivity index (χ3v) is 3.87. The lowest BCUT2D eigenvalue weighted by atomic mass is 9.95. The molecule has 24 heavy (non-hydrogen) atoms. The molecule has 0 saturated carbocycles. The number of hydrogen-bond acceptors (Lipinski definition) is 6. The Balaban J connectivity index is 2.27. The highest BCUT2D eigenvalue weighted by Crippen LogP contribution is 2.24. The quantitative estimate of drug-likeness (QED) is 0.484. The molecule has 0 aromatic heterocycles. The Hall–Kier alpha value is -2.88. The second-order valence-electron chi connectivity index (χ2n) is 5.46. The van der Waals surface area contributed by atoms with Crippen molar-refractivity contribution in [3.63, 3.8) is 0 Å². The summed E-state index contributed by atoms with van der Waals surface area (Å²) in [5.74, 6) is -1.25. The zero-order chi connectivity index (χ0) is 17.5. The minimum atomic E-state index is -0.864. The van der Waals surface area contributed by atoms with Gasteiger partial charge in [-0.25, -0.2) is 4.99 Å². The highest BCUT2D eigenvalue weighted by atomic mass is 16.5. The number of esters is 1. The van der Waals surface area contributed by atoms with E-state index in [4.69, 9.17) is 10.00 Å². The minimum Gasteiger partial charge on any atom is -0.469 e. The van der Waals surface area contributed by atoms with Crippen LogP contribution in [0.3, 0.4) is 0 Å². The molecule has 1 aromatic rings. The third kappa shape index (κ3) is 3.71. The topological polar surface area (TPSA) is 94.8 Å². The Morgan fingerprint density at radius 2 is 2.17 bits per heavy atom. The summed E-state index contributed by atoms with van der Waals surface area (Å²) in [4.78, 5) is 30.5. The van der Waals surface area contributed by atoms with Crippen LogP contribution in [0, 0.1) is 17.4 Å². The molecule has 1 aliphatic heterocycles. The largest absolute Gasteiger partial charge is 0.469 e. The predicted molar refractivity (Wildman–Crippen MR) is 87.4 cm³/mol. The number of guanidine groups is 1. The Labute approximate surface area is 140 Å². The van der Waals surface area contributed by atoms with Gasteiger partial charge in [-0.15, -0.1) is 0 Å². The fourth-order valence-corrected chi connectivity index (χ4v) is 2.72. The third-order valence-electron chi connectivity index (χ3n) is 3.87. The number of nitriles is 1. The average molecular weight is 328 g/mol. The summed E-state index contributed by atoms with van der Waals surface area (Å²) in [6.45, 7) is 2.21. The SMILES string of the molecule is CCCC(C(=O)OC)C1N=C(NC#N)N(Cc2ccccc2)C1=O. The lowest BCUT2D eigenvalue weighted by Gasteiger charge is -2.20. The maximum absolute atomic E-state index is 12.8. The number of nitrogens with one attached hydrogen (secondary N) is 1. The van der Waals surface area contributed by atoms with E-state index in [9.17, 15) is 9.59 Å². The Bertz CT molecular complexity index is 666. The van der Waals surface area contributed by atoms with Gasteiger partial charge < -0.3 is 4.74 Å². The van der Waals surface area contributed by atoms with Gasteiger partial charge in [0, 0.05) is 0 Å². The molecule has 2 atom stereocenters. The lowest BCUT2D eigenvalue weighted by Crippen LogP contribution is -2.42. The van der Waals surface area contributed by atoms with E-state index in [1.165, 1.54) is 12.0 Å². The van der Waals surface area contributed by atoms with Gasteiger partial charge in [0.2, 0.25) is 5.96 Å². The fourth-order valence-electron chi connectivity index (χ4n) is 2.72. The zero-order valence-electron chi connectivity index (χ0n) is 13.7. The number of nitrogens with zero attached hydrogens (tertiary/aromatic N) is 3. The van der Waals surface area contributed by atoms with Crippen LogP contribution < -0.4 is 5.32 Å². The van der Waals surface area contributed by atoms with E-state index in [0.717, 1.165) is 12.0 Å². The molecule has 0 bridgehead atoms. The molecule has 7 nitrogen and oxygen atoms in total. The normalized spacial score (nSPS) is 17.9. The van der Waals surface area contributed by atoms with Gasteiger partial charge in [-0.05, 0) is 12.0 Å². The monoisotopic (exact) mass is 328 g/mol. The van der Waals surface area contributed by atoms with Gasteiger partial charge in [-0.3, -0.25) is 19.8 Å². The molecule has 0 fully saturated rings. The molecule has 1 amide bonds. The van der Waals surface area contributed by atoms with Gasteiger partial charge in [0.05, 0.1) is 19.6 Å². The van der Waals surface area contributed by atoms with Gasteiger partial charge >= 0.3 is 5.97 Å². The molecule has 0 aliphatic carbocycles. The number of amides is 1. The van der Waals surface area contributed by atoms with Gasteiger partial charge in [-0.2, -0.15) is 5.26 Å². The number of benzene rings is 1. The summed E-state index contributed by atoms with van der Waals surface area (Å²) >= 11 is 0. The summed E-state index contributed by atoms with van der Waals surface area (Å²) in [5, 5.41) is 11.3. The fraction of sp³-hybridized carbons (Fsp3) is 0.412. The van der Waals surface area contributed by atoms with Crippen molar-refractivity contribution in [2.45, 2.75) is 32.4 Å². The van der Waals surface area contributed by atoms with Crippen LogP contribution in [0.5, 0.6) is 0 Å². The van der Waals surface area contributed by atoms with Gasteiger partial charge in [0.15, 0.2) is 6.19 Å².